The molecular formula is C15H13N3O5S. The Morgan fingerprint density at radius 1 is 1.04 bits per heavy atom. The van der Waals surface area contributed by atoms with Gasteiger partial charge in [-0.05, 0) is 30.3 Å². The SMILES string of the molecule is Cn1c(=O)n(S(=O)(=O)c2ccc3c(c2)OCO3)c2cc(N)ccc21. The van der Waals surface area contributed by atoms with Crippen LogP contribution in [0.5, 0.6) is 11.5 Å². The van der Waals surface area contributed by atoms with Crippen LogP contribution >= 0.6 is 0 Å². The molecule has 4 rings (SSSR count). The summed E-state index contributed by atoms with van der Waals surface area (Å²) in [5.74, 6) is 0.785. The predicted octanol–water partition coefficient (Wildman–Crippen LogP) is 0.888. The van der Waals surface area contributed by atoms with Gasteiger partial charge in [-0.15, -0.1) is 0 Å². The molecule has 0 spiro atoms. The highest BCUT2D eigenvalue weighted by Gasteiger charge is 2.26. The first-order valence-corrected chi connectivity index (χ1v) is 8.46. The van der Waals surface area contributed by atoms with Crippen molar-refractivity contribution < 1.29 is 17.9 Å². The van der Waals surface area contributed by atoms with Crippen molar-refractivity contribution in [3.63, 3.8) is 0 Å². The first kappa shape index (κ1) is 14.6. The number of fused-ring (bicyclic) bond motifs is 2. The summed E-state index contributed by atoms with van der Waals surface area (Å²) in [5.41, 5.74) is 6.14. The molecular weight excluding hydrogens is 334 g/mol. The molecule has 3 aromatic rings. The molecule has 0 amide bonds. The molecule has 2 heterocycles. The van der Waals surface area contributed by atoms with Crippen LogP contribution in [-0.4, -0.2) is 23.8 Å². The van der Waals surface area contributed by atoms with Crippen LogP contribution in [0.2, 0.25) is 0 Å². The second kappa shape index (κ2) is 4.78. The summed E-state index contributed by atoms with van der Waals surface area (Å²) in [6, 6.07) is 8.90. The van der Waals surface area contributed by atoms with E-state index in [1.807, 2.05) is 0 Å². The zero-order valence-corrected chi connectivity index (χ0v) is 13.4. The van der Waals surface area contributed by atoms with Crippen LogP contribution < -0.4 is 20.9 Å². The van der Waals surface area contributed by atoms with Crippen molar-refractivity contribution in [3.05, 3.63) is 46.9 Å². The molecule has 124 valence electrons. The smallest absolute Gasteiger partial charge is 0.343 e. The second-order valence-corrected chi connectivity index (χ2v) is 7.16. The fraction of sp³-hybridized carbons (Fsp3) is 0.133. The largest absolute Gasteiger partial charge is 0.454 e. The maximum atomic E-state index is 13.0. The van der Waals surface area contributed by atoms with Gasteiger partial charge in [-0.3, -0.25) is 4.57 Å². The molecule has 0 aliphatic carbocycles. The lowest BCUT2D eigenvalue weighted by Crippen LogP contribution is -2.28. The number of ether oxygens (including phenoxy) is 2. The number of aryl methyl sites for hydroxylation is 1. The van der Waals surface area contributed by atoms with Crippen molar-refractivity contribution in [1.29, 1.82) is 0 Å². The Labute approximate surface area is 136 Å². The highest BCUT2D eigenvalue weighted by molar-refractivity contribution is 7.90. The Bertz CT molecular complexity index is 1140. The van der Waals surface area contributed by atoms with Gasteiger partial charge in [0.1, 0.15) is 0 Å². The summed E-state index contributed by atoms with van der Waals surface area (Å²) in [6.07, 6.45) is 0. The number of nitrogens with zero attached hydrogens (tertiary/aromatic N) is 2. The van der Waals surface area contributed by atoms with Crippen LogP contribution in [0.25, 0.3) is 11.0 Å². The monoisotopic (exact) mass is 347 g/mol. The molecule has 1 aliphatic heterocycles. The Kier molecular flexibility index (Phi) is 2.91. The molecule has 0 saturated carbocycles. The minimum atomic E-state index is -4.12. The van der Waals surface area contributed by atoms with Gasteiger partial charge in [-0.1, -0.05) is 0 Å². The highest BCUT2D eigenvalue weighted by Crippen LogP contribution is 2.34. The van der Waals surface area contributed by atoms with Gasteiger partial charge in [0.05, 0.1) is 15.9 Å². The Hall–Kier alpha value is -2.94. The zero-order chi connectivity index (χ0) is 17.1. The van der Waals surface area contributed by atoms with Crippen molar-refractivity contribution >= 4 is 26.7 Å². The third-order valence-corrected chi connectivity index (χ3v) is 5.61. The average Bonchev–Trinajstić information content (AvgIpc) is 3.10. The first-order valence-electron chi connectivity index (χ1n) is 7.02. The van der Waals surface area contributed by atoms with E-state index in [2.05, 4.69) is 0 Å². The lowest BCUT2D eigenvalue weighted by molar-refractivity contribution is 0.174. The number of imidazole rings is 1. The van der Waals surface area contributed by atoms with Crippen LogP contribution in [0.15, 0.2) is 46.1 Å². The maximum Gasteiger partial charge on any atom is 0.343 e. The lowest BCUT2D eigenvalue weighted by Gasteiger charge is -2.07. The number of anilines is 1. The molecule has 1 aromatic heterocycles. The number of rotatable bonds is 2. The summed E-state index contributed by atoms with van der Waals surface area (Å²) >= 11 is 0. The Balaban J connectivity index is 2.01. The van der Waals surface area contributed by atoms with Gasteiger partial charge in [-0.25, -0.2) is 13.2 Å². The van der Waals surface area contributed by atoms with Crippen molar-refractivity contribution in [2.75, 3.05) is 12.5 Å². The number of nitrogen functional groups attached to an aromatic ring is 1. The third kappa shape index (κ3) is 1.91. The van der Waals surface area contributed by atoms with E-state index in [-0.39, 0.29) is 17.2 Å². The van der Waals surface area contributed by atoms with Gasteiger partial charge < -0.3 is 15.2 Å². The van der Waals surface area contributed by atoms with E-state index in [9.17, 15) is 13.2 Å². The van der Waals surface area contributed by atoms with Crippen molar-refractivity contribution in [2.24, 2.45) is 7.05 Å². The van der Waals surface area contributed by atoms with Gasteiger partial charge in [0.25, 0.3) is 10.0 Å². The standard InChI is InChI=1S/C15H13N3O5S/c1-17-11-4-2-9(16)6-12(11)18(15(17)19)24(20,21)10-3-5-13-14(7-10)23-8-22-13/h2-7H,8,16H2,1H3. The molecule has 1 aliphatic rings. The molecule has 0 saturated heterocycles. The van der Waals surface area contributed by atoms with Crippen LogP contribution in [0, 0.1) is 0 Å². The number of hydrogen-bond acceptors (Lipinski definition) is 6. The normalized spacial score (nSPS) is 13.5. The van der Waals surface area contributed by atoms with Gasteiger partial charge in [0.2, 0.25) is 6.79 Å². The summed E-state index contributed by atoms with van der Waals surface area (Å²) in [5, 5.41) is 0. The Morgan fingerprint density at radius 3 is 2.58 bits per heavy atom. The van der Waals surface area contributed by atoms with E-state index in [1.54, 1.807) is 12.1 Å². The molecule has 2 N–H and O–H groups in total. The molecule has 0 atom stereocenters. The van der Waals surface area contributed by atoms with Crippen LogP contribution in [-0.2, 0) is 17.1 Å². The van der Waals surface area contributed by atoms with Gasteiger partial charge in [-0.2, -0.15) is 3.97 Å². The molecule has 0 radical (unpaired) electrons. The first-order chi connectivity index (χ1) is 11.4. The minimum absolute atomic E-state index is 0.0313. The van der Waals surface area contributed by atoms with E-state index in [1.165, 1.54) is 35.9 Å². The topological polar surface area (TPSA) is 106 Å². The molecule has 24 heavy (non-hydrogen) atoms. The van der Waals surface area contributed by atoms with Gasteiger partial charge in [0.15, 0.2) is 11.5 Å². The van der Waals surface area contributed by atoms with Gasteiger partial charge in [0, 0.05) is 18.8 Å². The van der Waals surface area contributed by atoms with Crippen LogP contribution in [0.4, 0.5) is 5.69 Å². The molecule has 2 aromatic carbocycles. The van der Waals surface area contributed by atoms with Crippen LogP contribution in [0.3, 0.4) is 0 Å². The summed E-state index contributed by atoms with van der Waals surface area (Å²) in [7, 11) is -2.62. The average molecular weight is 347 g/mol. The Morgan fingerprint density at radius 2 is 1.79 bits per heavy atom. The zero-order valence-electron chi connectivity index (χ0n) is 12.6. The van der Waals surface area contributed by atoms with Crippen molar-refractivity contribution in [3.8, 4) is 11.5 Å². The van der Waals surface area contributed by atoms with Gasteiger partial charge >= 0.3 is 5.69 Å². The third-order valence-electron chi connectivity index (χ3n) is 3.92. The summed E-state index contributed by atoms with van der Waals surface area (Å²) in [6.45, 7) is 0.0313. The van der Waals surface area contributed by atoms with Crippen molar-refractivity contribution in [2.45, 2.75) is 4.90 Å². The number of benzene rings is 2. The van der Waals surface area contributed by atoms with E-state index in [4.69, 9.17) is 15.2 Å². The minimum Gasteiger partial charge on any atom is -0.454 e. The van der Waals surface area contributed by atoms with E-state index in [0.717, 1.165) is 3.97 Å². The molecule has 0 fully saturated rings. The van der Waals surface area contributed by atoms with E-state index in [0.29, 0.717) is 22.7 Å². The predicted molar refractivity (Wildman–Crippen MR) is 86.7 cm³/mol. The van der Waals surface area contributed by atoms with E-state index < -0.39 is 15.7 Å². The fourth-order valence-corrected chi connectivity index (χ4v) is 4.14. The molecule has 0 unspecified atom stereocenters. The summed E-state index contributed by atoms with van der Waals surface area (Å²) < 4.78 is 38.4. The lowest BCUT2D eigenvalue weighted by atomic mass is 10.3. The second-order valence-electron chi connectivity index (χ2n) is 5.37. The maximum absolute atomic E-state index is 13.0. The summed E-state index contributed by atoms with van der Waals surface area (Å²) in [4.78, 5) is 12.4. The number of aromatic nitrogens is 2. The number of nitrogens with two attached hydrogens (primary N) is 1. The quantitative estimate of drug-likeness (QED) is 0.690. The van der Waals surface area contributed by atoms with E-state index >= 15 is 0 Å². The highest BCUT2D eigenvalue weighted by atomic mass is 32.2. The number of hydrogen-bond donors (Lipinski definition) is 1. The van der Waals surface area contributed by atoms with Crippen LogP contribution in [0.1, 0.15) is 0 Å². The fourth-order valence-electron chi connectivity index (χ4n) is 2.70. The van der Waals surface area contributed by atoms with Crippen molar-refractivity contribution in [1.82, 2.24) is 8.54 Å². The molecule has 0 bridgehead atoms. The molecule has 9 heteroatoms. The molecule has 8 nitrogen and oxygen atoms in total.